The molecule has 3 rings (SSSR count). The second kappa shape index (κ2) is 8.52. The standard InChI is InChI=1S/C20H19ClN2O3S/c1-15-11-18(21)7-8-19(15)27(24,25)23-13-17-9-10-22-20(12-17)26-14-16-5-3-2-4-6-16/h2-12,23H,13-14H2,1H3. The van der Waals surface area contributed by atoms with E-state index in [4.69, 9.17) is 16.3 Å². The molecule has 1 N–H and O–H groups in total. The van der Waals surface area contributed by atoms with Crippen LogP contribution in [-0.2, 0) is 23.2 Å². The highest BCUT2D eigenvalue weighted by molar-refractivity contribution is 7.89. The lowest BCUT2D eigenvalue weighted by molar-refractivity contribution is 0.293. The van der Waals surface area contributed by atoms with Gasteiger partial charge >= 0.3 is 0 Å². The molecule has 0 unspecified atom stereocenters. The van der Waals surface area contributed by atoms with Crippen LogP contribution in [0.15, 0.2) is 71.8 Å². The van der Waals surface area contributed by atoms with E-state index >= 15 is 0 Å². The number of benzene rings is 2. The third kappa shape index (κ3) is 5.29. The second-order valence-corrected chi connectivity index (χ2v) is 8.18. The molecule has 3 aromatic rings. The first kappa shape index (κ1) is 19.4. The van der Waals surface area contributed by atoms with Gasteiger partial charge in [0.2, 0.25) is 15.9 Å². The molecule has 0 spiro atoms. The number of halogens is 1. The van der Waals surface area contributed by atoms with Gasteiger partial charge in [0.25, 0.3) is 0 Å². The fourth-order valence-corrected chi connectivity index (χ4v) is 4.01. The van der Waals surface area contributed by atoms with Crippen LogP contribution in [0.3, 0.4) is 0 Å². The van der Waals surface area contributed by atoms with E-state index in [9.17, 15) is 8.42 Å². The van der Waals surface area contributed by atoms with E-state index < -0.39 is 10.0 Å². The first-order chi connectivity index (χ1) is 12.9. The Kier molecular flexibility index (Phi) is 6.11. The first-order valence-electron chi connectivity index (χ1n) is 8.31. The lowest BCUT2D eigenvalue weighted by atomic mass is 10.2. The summed E-state index contributed by atoms with van der Waals surface area (Å²) in [5.41, 5.74) is 2.38. The smallest absolute Gasteiger partial charge is 0.241 e. The Hall–Kier alpha value is -2.41. The minimum absolute atomic E-state index is 0.134. The number of hydrogen-bond acceptors (Lipinski definition) is 4. The molecule has 0 saturated carbocycles. The number of hydrogen-bond donors (Lipinski definition) is 1. The van der Waals surface area contributed by atoms with Gasteiger partial charge in [-0.3, -0.25) is 0 Å². The maximum atomic E-state index is 12.5. The normalized spacial score (nSPS) is 11.3. The summed E-state index contributed by atoms with van der Waals surface area (Å²) in [6, 6.07) is 17.9. The average molecular weight is 403 g/mol. The molecule has 1 heterocycles. The van der Waals surface area contributed by atoms with Crippen LogP contribution in [-0.4, -0.2) is 13.4 Å². The van der Waals surface area contributed by atoms with Crippen LogP contribution in [0.2, 0.25) is 5.02 Å². The van der Waals surface area contributed by atoms with E-state index in [1.54, 1.807) is 37.4 Å². The minimum atomic E-state index is -3.64. The number of pyridine rings is 1. The molecule has 0 atom stereocenters. The highest BCUT2D eigenvalue weighted by atomic mass is 35.5. The molecule has 0 aliphatic rings. The lowest BCUT2D eigenvalue weighted by Gasteiger charge is -2.11. The monoisotopic (exact) mass is 402 g/mol. The van der Waals surface area contributed by atoms with Crippen LogP contribution in [0.25, 0.3) is 0 Å². The summed E-state index contributed by atoms with van der Waals surface area (Å²) in [5.74, 6) is 0.443. The minimum Gasteiger partial charge on any atom is -0.473 e. The quantitative estimate of drug-likeness (QED) is 0.646. The van der Waals surface area contributed by atoms with Crippen molar-refractivity contribution in [3.05, 3.63) is 88.6 Å². The third-order valence-corrected chi connectivity index (χ3v) is 5.72. The highest BCUT2D eigenvalue weighted by Gasteiger charge is 2.16. The predicted molar refractivity (Wildman–Crippen MR) is 105 cm³/mol. The van der Waals surface area contributed by atoms with Gasteiger partial charge in [-0.2, -0.15) is 0 Å². The first-order valence-corrected chi connectivity index (χ1v) is 10.2. The Morgan fingerprint density at radius 1 is 1.04 bits per heavy atom. The summed E-state index contributed by atoms with van der Waals surface area (Å²) in [6.07, 6.45) is 1.59. The molecule has 0 aliphatic heterocycles. The summed E-state index contributed by atoms with van der Waals surface area (Å²) in [6.45, 7) is 2.24. The lowest BCUT2D eigenvalue weighted by Crippen LogP contribution is -2.24. The van der Waals surface area contributed by atoms with Crippen molar-refractivity contribution in [1.29, 1.82) is 0 Å². The molecule has 27 heavy (non-hydrogen) atoms. The third-order valence-electron chi connectivity index (χ3n) is 3.92. The van der Waals surface area contributed by atoms with E-state index in [1.165, 1.54) is 6.07 Å². The van der Waals surface area contributed by atoms with E-state index in [1.807, 2.05) is 30.3 Å². The van der Waals surface area contributed by atoms with Crippen LogP contribution in [0, 0.1) is 6.92 Å². The van der Waals surface area contributed by atoms with Gasteiger partial charge in [-0.05, 0) is 47.9 Å². The average Bonchev–Trinajstić information content (AvgIpc) is 2.66. The molecule has 0 radical (unpaired) electrons. The van der Waals surface area contributed by atoms with Crippen LogP contribution in [0.4, 0.5) is 0 Å². The maximum absolute atomic E-state index is 12.5. The van der Waals surface area contributed by atoms with E-state index in [2.05, 4.69) is 9.71 Å². The fraction of sp³-hybridized carbons (Fsp3) is 0.150. The van der Waals surface area contributed by atoms with Gasteiger partial charge < -0.3 is 4.74 Å². The zero-order valence-electron chi connectivity index (χ0n) is 14.7. The van der Waals surface area contributed by atoms with Crippen molar-refractivity contribution >= 4 is 21.6 Å². The Morgan fingerprint density at radius 2 is 1.81 bits per heavy atom. The molecule has 0 fully saturated rings. The summed E-state index contributed by atoms with van der Waals surface area (Å²) in [7, 11) is -3.64. The van der Waals surface area contributed by atoms with Gasteiger partial charge in [0, 0.05) is 23.8 Å². The molecule has 0 amide bonds. The van der Waals surface area contributed by atoms with Crippen LogP contribution < -0.4 is 9.46 Å². The molecule has 0 saturated heterocycles. The number of sulfonamides is 1. The van der Waals surface area contributed by atoms with E-state index in [0.29, 0.717) is 23.1 Å². The van der Waals surface area contributed by atoms with Crippen molar-refractivity contribution in [3.63, 3.8) is 0 Å². The topological polar surface area (TPSA) is 68.3 Å². The van der Waals surface area contributed by atoms with E-state index in [-0.39, 0.29) is 11.4 Å². The Morgan fingerprint density at radius 3 is 2.56 bits per heavy atom. The van der Waals surface area contributed by atoms with Crippen molar-refractivity contribution < 1.29 is 13.2 Å². The molecule has 1 aromatic heterocycles. The zero-order chi connectivity index (χ0) is 19.3. The van der Waals surface area contributed by atoms with Crippen LogP contribution >= 0.6 is 11.6 Å². The molecule has 2 aromatic carbocycles. The highest BCUT2D eigenvalue weighted by Crippen LogP contribution is 2.20. The summed E-state index contributed by atoms with van der Waals surface area (Å²) in [5, 5.41) is 0.501. The molecular formula is C20H19ClN2O3S. The van der Waals surface area contributed by atoms with Crippen molar-refractivity contribution in [1.82, 2.24) is 9.71 Å². The van der Waals surface area contributed by atoms with Crippen LogP contribution in [0.1, 0.15) is 16.7 Å². The Bertz CT molecular complexity index is 1020. The number of aryl methyl sites for hydroxylation is 1. The SMILES string of the molecule is Cc1cc(Cl)ccc1S(=O)(=O)NCc1ccnc(OCc2ccccc2)c1. The summed E-state index contributed by atoms with van der Waals surface area (Å²) in [4.78, 5) is 4.38. The summed E-state index contributed by atoms with van der Waals surface area (Å²) >= 11 is 5.90. The summed E-state index contributed by atoms with van der Waals surface area (Å²) < 4.78 is 33.3. The molecular weight excluding hydrogens is 384 g/mol. The molecule has 0 aliphatic carbocycles. The fourth-order valence-electron chi connectivity index (χ4n) is 2.54. The number of nitrogens with zero attached hydrogens (tertiary/aromatic N) is 1. The number of rotatable bonds is 7. The number of aromatic nitrogens is 1. The van der Waals surface area contributed by atoms with Gasteiger partial charge in [-0.1, -0.05) is 41.9 Å². The molecule has 140 valence electrons. The number of ether oxygens (including phenoxy) is 1. The van der Waals surface area contributed by atoms with E-state index in [0.717, 1.165) is 11.1 Å². The molecule has 7 heteroatoms. The van der Waals surface area contributed by atoms with Gasteiger partial charge in [0.05, 0.1) is 4.90 Å². The van der Waals surface area contributed by atoms with Crippen molar-refractivity contribution in [2.45, 2.75) is 25.0 Å². The predicted octanol–water partition coefficient (Wildman–Crippen LogP) is 4.10. The zero-order valence-corrected chi connectivity index (χ0v) is 16.3. The van der Waals surface area contributed by atoms with Crippen molar-refractivity contribution in [3.8, 4) is 5.88 Å². The van der Waals surface area contributed by atoms with Gasteiger partial charge in [-0.25, -0.2) is 18.1 Å². The number of nitrogens with one attached hydrogen (secondary N) is 1. The van der Waals surface area contributed by atoms with Gasteiger partial charge in [0.15, 0.2) is 0 Å². The van der Waals surface area contributed by atoms with Crippen molar-refractivity contribution in [2.75, 3.05) is 0 Å². The molecule has 0 bridgehead atoms. The van der Waals surface area contributed by atoms with Crippen LogP contribution in [0.5, 0.6) is 5.88 Å². The van der Waals surface area contributed by atoms with Crippen molar-refractivity contribution in [2.24, 2.45) is 0 Å². The second-order valence-electron chi connectivity index (χ2n) is 6.01. The van der Waals surface area contributed by atoms with Gasteiger partial charge in [-0.15, -0.1) is 0 Å². The van der Waals surface area contributed by atoms with Gasteiger partial charge in [0.1, 0.15) is 6.61 Å². The largest absolute Gasteiger partial charge is 0.473 e. The molecule has 5 nitrogen and oxygen atoms in total. The maximum Gasteiger partial charge on any atom is 0.241 e. The Balaban J connectivity index is 1.65. The Labute approximate surface area is 164 Å².